The second-order valence-corrected chi connectivity index (χ2v) is 3.81. The van der Waals surface area contributed by atoms with Crippen LogP contribution in [0, 0.1) is 0 Å². The summed E-state index contributed by atoms with van der Waals surface area (Å²) in [5.41, 5.74) is 0. The molecule has 1 unspecified atom stereocenters. The van der Waals surface area contributed by atoms with Crippen LogP contribution >= 0.6 is 10.7 Å². The van der Waals surface area contributed by atoms with Gasteiger partial charge in [0.05, 0.1) is 6.61 Å². The highest BCUT2D eigenvalue weighted by Crippen LogP contribution is 2.03. The first kappa shape index (κ1) is 11.4. The Morgan fingerprint density at radius 2 is 1.91 bits per heavy atom. The number of hydrogen-bond donors (Lipinski definition) is 0. The molecule has 0 aromatic heterocycles. The lowest BCUT2D eigenvalue weighted by Gasteiger charge is -1.97. The fourth-order valence-corrected chi connectivity index (χ4v) is 1.27. The number of rotatable bonds is 7. The van der Waals surface area contributed by atoms with Gasteiger partial charge in [0.15, 0.2) is 0 Å². The Morgan fingerprint density at radius 1 is 1.27 bits per heavy atom. The van der Waals surface area contributed by atoms with Gasteiger partial charge in [-0.25, -0.2) is 4.21 Å². The largest absolute Gasteiger partial charge is 0.278 e. The molecular formula is C7H15ClO2S. The molecule has 11 heavy (non-hydrogen) atoms. The maximum Gasteiger partial charge on any atom is 0.255 e. The van der Waals surface area contributed by atoms with E-state index in [9.17, 15) is 4.21 Å². The van der Waals surface area contributed by atoms with Crippen molar-refractivity contribution in [2.75, 3.05) is 6.61 Å². The molecule has 0 bridgehead atoms. The molecule has 0 radical (unpaired) electrons. The first-order valence-electron chi connectivity index (χ1n) is 3.98. The van der Waals surface area contributed by atoms with E-state index in [0.29, 0.717) is 6.61 Å². The third kappa shape index (κ3) is 10.4. The lowest BCUT2D eigenvalue weighted by molar-refractivity contribution is 0.339. The van der Waals surface area contributed by atoms with Gasteiger partial charge in [0, 0.05) is 10.7 Å². The van der Waals surface area contributed by atoms with Gasteiger partial charge in [-0.15, -0.1) is 0 Å². The summed E-state index contributed by atoms with van der Waals surface area (Å²) in [6, 6.07) is 0. The second kappa shape index (κ2) is 8.50. The quantitative estimate of drug-likeness (QED) is 0.465. The fraction of sp³-hybridized carbons (Fsp3) is 1.00. The van der Waals surface area contributed by atoms with Crippen molar-refractivity contribution in [3.05, 3.63) is 0 Å². The highest BCUT2D eigenvalue weighted by atomic mass is 35.7. The number of halogens is 1. The van der Waals surface area contributed by atoms with E-state index in [2.05, 4.69) is 11.1 Å². The van der Waals surface area contributed by atoms with Gasteiger partial charge in [0.1, 0.15) is 0 Å². The minimum atomic E-state index is -1.60. The van der Waals surface area contributed by atoms with Gasteiger partial charge in [0.2, 0.25) is 0 Å². The highest BCUT2D eigenvalue weighted by Gasteiger charge is 1.93. The van der Waals surface area contributed by atoms with Crippen LogP contribution in [0.15, 0.2) is 0 Å². The van der Waals surface area contributed by atoms with E-state index in [-0.39, 0.29) is 0 Å². The first-order chi connectivity index (χ1) is 5.27. The van der Waals surface area contributed by atoms with Crippen LogP contribution in [0.1, 0.15) is 39.0 Å². The second-order valence-electron chi connectivity index (χ2n) is 2.43. The van der Waals surface area contributed by atoms with E-state index in [0.717, 1.165) is 12.8 Å². The molecule has 0 spiro atoms. The maximum absolute atomic E-state index is 10.2. The van der Waals surface area contributed by atoms with E-state index in [1.165, 1.54) is 19.3 Å². The van der Waals surface area contributed by atoms with Crippen LogP contribution in [0.5, 0.6) is 0 Å². The van der Waals surface area contributed by atoms with E-state index in [4.69, 9.17) is 10.7 Å². The Balaban J connectivity index is 2.85. The standard InChI is InChI=1S/C7H15ClO2S/c1-2-3-4-5-6-7-10-11(8)9/h2-7H2,1H3. The zero-order chi connectivity index (χ0) is 8.53. The molecule has 2 nitrogen and oxygen atoms in total. The molecular weight excluding hydrogens is 184 g/mol. The molecule has 0 aromatic rings. The van der Waals surface area contributed by atoms with Gasteiger partial charge in [-0.05, 0) is 6.42 Å². The molecule has 0 aliphatic heterocycles. The molecule has 0 aromatic carbocycles. The van der Waals surface area contributed by atoms with Crippen molar-refractivity contribution in [3.63, 3.8) is 0 Å². The fourth-order valence-electron chi connectivity index (χ4n) is 0.830. The molecule has 0 aliphatic rings. The van der Waals surface area contributed by atoms with Crippen LogP contribution < -0.4 is 0 Å². The lowest BCUT2D eigenvalue weighted by atomic mass is 10.2. The van der Waals surface area contributed by atoms with Crippen LogP contribution in [0.3, 0.4) is 0 Å². The summed E-state index contributed by atoms with van der Waals surface area (Å²) < 4.78 is 14.8. The molecule has 0 aliphatic carbocycles. The topological polar surface area (TPSA) is 26.3 Å². The molecule has 0 heterocycles. The van der Waals surface area contributed by atoms with E-state index < -0.39 is 10.3 Å². The minimum Gasteiger partial charge on any atom is -0.278 e. The van der Waals surface area contributed by atoms with Crippen molar-refractivity contribution in [2.45, 2.75) is 39.0 Å². The molecule has 0 N–H and O–H groups in total. The zero-order valence-electron chi connectivity index (χ0n) is 6.85. The Labute approximate surface area is 75.4 Å². The van der Waals surface area contributed by atoms with E-state index in [1.807, 2.05) is 0 Å². The first-order valence-corrected chi connectivity index (χ1v) is 5.88. The predicted octanol–water partition coefficient (Wildman–Crippen LogP) is 2.79. The minimum absolute atomic E-state index is 0.514. The van der Waals surface area contributed by atoms with Crippen molar-refractivity contribution in [3.8, 4) is 0 Å². The smallest absolute Gasteiger partial charge is 0.255 e. The van der Waals surface area contributed by atoms with Crippen molar-refractivity contribution < 1.29 is 8.39 Å². The van der Waals surface area contributed by atoms with Gasteiger partial charge in [-0.3, -0.25) is 4.18 Å². The number of hydrogen-bond acceptors (Lipinski definition) is 2. The summed E-state index contributed by atoms with van der Waals surface area (Å²) in [5.74, 6) is 0. The molecule has 0 fully saturated rings. The van der Waals surface area contributed by atoms with Gasteiger partial charge < -0.3 is 0 Å². The lowest BCUT2D eigenvalue weighted by Crippen LogP contribution is -1.92. The molecule has 68 valence electrons. The maximum atomic E-state index is 10.2. The van der Waals surface area contributed by atoms with Crippen molar-refractivity contribution >= 4 is 21.0 Å². The van der Waals surface area contributed by atoms with Gasteiger partial charge in [-0.2, -0.15) is 0 Å². The third-order valence-corrected chi connectivity index (χ3v) is 2.04. The van der Waals surface area contributed by atoms with Crippen molar-refractivity contribution in [1.82, 2.24) is 0 Å². The van der Waals surface area contributed by atoms with Crippen LogP contribution in [0.4, 0.5) is 0 Å². The Hall–Kier alpha value is 0.400. The molecule has 0 amide bonds. The van der Waals surface area contributed by atoms with Crippen molar-refractivity contribution in [2.24, 2.45) is 0 Å². The van der Waals surface area contributed by atoms with Crippen LogP contribution in [0.2, 0.25) is 0 Å². The van der Waals surface area contributed by atoms with E-state index >= 15 is 0 Å². The molecule has 0 saturated heterocycles. The normalized spacial score (nSPS) is 13.3. The summed E-state index contributed by atoms with van der Waals surface area (Å²) in [5, 5.41) is 0. The van der Waals surface area contributed by atoms with Gasteiger partial charge in [0.25, 0.3) is 10.3 Å². The SMILES string of the molecule is CCCCCCCOS(=O)Cl. The van der Waals surface area contributed by atoms with Crippen LogP contribution in [0.25, 0.3) is 0 Å². The predicted molar refractivity (Wildman–Crippen MR) is 48.7 cm³/mol. The summed E-state index contributed by atoms with van der Waals surface area (Å²) in [6.45, 7) is 2.68. The average Bonchev–Trinajstić information content (AvgIpc) is 1.96. The summed E-state index contributed by atoms with van der Waals surface area (Å²) in [6.07, 6.45) is 5.83. The van der Waals surface area contributed by atoms with Gasteiger partial charge >= 0.3 is 0 Å². The van der Waals surface area contributed by atoms with Gasteiger partial charge in [-0.1, -0.05) is 32.6 Å². The molecule has 0 rings (SSSR count). The summed E-state index contributed by atoms with van der Waals surface area (Å²) >= 11 is 0. The Morgan fingerprint density at radius 3 is 2.45 bits per heavy atom. The average molecular weight is 199 g/mol. The number of unbranched alkanes of at least 4 members (excludes halogenated alkanes) is 4. The van der Waals surface area contributed by atoms with Crippen LogP contribution in [-0.4, -0.2) is 10.8 Å². The van der Waals surface area contributed by atoms with Crippen LogP contribution in [-0.2, 0) is 14.5 Å². The summed E-state index contributed by atoms with van der Waals surface area (Å²) in [7, 11) is 3.47. The summed E-state index contributed by atoms with van der Waals surface area (Å²) in [4.78, 5) is 0. The zero-order valence-corrected chi connectivity index (χ0v) is 8.42. The Kier molecular flexibility index (Phi) is 8.81. The van der Waals surface area contributed by atoms with Crippen molar-refractivity contribution in [1.29, 1.82) is 0 Å². The molecule has 4 heteroatoms. The third-order valence-electron chi connectivity index (χ3n) is 1.42. The highest BCUT2D eigenvalue weighted by molar-refractivity contribution is 8.04. The molecule has 0 saturated carbocycles. The Bertz CT molecular complexity index is 109. The monoisotopic (exact) mass is 198 g/mol. The van der Waals surface area contributed by atoms with E-state index in [1.54, 1.807) is 0 Å². The molecule has 1 atom stereocenters.